The Morgan fingerprint density at radius 2 is 1.78 bits per heavy atom. The molecule has 0 bridgehead atoms. The van der Waals surface area contributed by atoms with Crippen LogP contribution in [-0.4, -0.2) is 0 Å². The maximum atomic E-state index is 3.06. The van der Waals surface area contributed by atoms with Gasteiger partial charge >= 0.3 is 65.7 Å². The summed E-state index contributed by atoms with van der Waals surface area (Å²) in [6.45, 7) is 2.08. The van der Waals surface area contributed by atoms with Crippen LogP contribution in [0.2, 0.25) is 0 Å². The van der Waals surface area contributed by atoms with Gasteiger partial charge in [-0.2, -0.15) is 0 Å². The molecule has 1 aromatic rings. The SMILES string of the molecule is Cc1ccc([C]#[Mo+])cc1. The summed E-state index contributed by atoms with van der Waals surface area (Å²) >= 11 is 1.86. The van der Waals surface area contributed by atoms with Gasteiger partial charge in [-0.05, 0) is 0 Å². The van der Waals surface area contributed by atoms with Crippen LogP contribution in [0.5, 0.6) is 0 Å². The Hall–Kier alpha value is -0.312. The molecule has 0 heterocycles. The summed E-state index contributed by atoms with van der Waals surface area (Å²) in [5.74, 6) is 0. The molecule has 0 aromatic heterocycles. The van der Waals surface area contributed by atoms with E-state index in [9.17, 15) is 0 Å². The van der Waals surface area contributed by atoms with E-state index < -0.39 is 0 Å². The van der Waals surface area contributed by atoms with Crippen LogP contribution in [0.25, 0.3) is 0 Å². The number of benzene rings is 1. The van der Waals surface area contributed by atoms with Gasteiger partial charge in [-0.3, -0.25) is 0 Å². The van der Waals surface area contributed by atoms with Crippen LogP contribution in [0.3, 0.4) is 0 Å². The summed E-state index contributed by atoms with van der Waals surface area (Å²) < 4.78 is 3.06. The number of hydrogen-bond donors (Lipinski definition) is 0. The van der Waals surface area contributed by atoms with E-state index in [-0.39, 0.29) is 0 Å². The second-order valence-electron chi connectivity index (χ2n) is 1.97. The molecule has 0 N–H and O–H groups in total. The average Bonchev–Trinajstić information content (AvgIpc) is 1.90. The van der Waals surface area contributed by atoms with Crippen molar-refractivity contribution in [1.82, 2.24) is 0 Å². The first-order chi connectivity index (χ1) is 4.33. The molecular formula is C8H7Mo+. The number of hydrogen-bond acceptors (Lipinski definition) is 0. The van der Waals surface area contributed by atoms with E-state index >= 15 is 0 Å². The Balaban J connectivity index is 3.06. The topological polar surface area (TPSA) is 0 Å². The molecule has 0 aliphatic rings. The fourth-order valence-corrected chi connectivity index (χ4v) is 0.956. The summed E-state index contributed by atoms with van der Waals surface area (Å²) in [6.07, 6.45) is 0. The van der Waals surface area contributed by atoms with Crippen LogP contribution in [-0.2, 0) is 19.2 Å². The van der Waals surface area contributed by atoms with Crippen LogP contribution in [0, 0.1) is 11.1 Å². The van der Waals surface area contributed by atoms with E-state index in [1.807, 2.05) is 19.2 Å². The van der Waals surface area contributed by atoms with E-state index in [2.05, 4.69) is 35.4 Å². The Bertz CT molecular complexity index is 228. The second kappa shape index (κ2) is 3.01. The normalized spacial score (nSPS) is 8.44. The van der Waals surface area contributed by atoms with Crippen molar-refractivity contribution in [3.05, 3.63) is 35.4 Å². The Morgan fingerprint density at radius 3 is 2.22 bits per heavy atom. The molecule has 9 heavy (non-hydrogen) atoms. The van der Waals surface area contributed by atoms with Crippen molar-refractivity contribution in [1.29, 1.82) is 0 Å². The number of aryl methyl sites for hydroxylation is 1. The van der Waals surface area contributed by atoms with Gasteiger partial charge in [0.1, 0.15) is 0 Å². The summed E-state index contributed by atoms with van der Waals surface area (Å²) in [5.41, 5.74) is 2.47. The molecule has 1 rings (SSSR count). The zero-order valence-electron chi connectivity index (χ0n) is 5.22. The molecule has 0 aliphatic heterocycles. The molecular weight excluding hydrogens is 192 g/mol. The van der Waals surface area contributed by atoms with Crippen molar-refractivity contribution in [3.8, 4) is 4.20 Å². The van der Waals surface area contributed by atoms with E-state index in [4.69, 9.17) is 0 Å². The molecule has 1 aromatic carbocycles. The molecule has 0 radical (unpaired) electrons. The van der Waals surface area contributed by atoms with Gasteiger partial charge in [0.15, 0.2) is 0 Å². The monoisotopic (exact) mass is 201 g/mol. The van der Waals surface area contributed by atoms with Crippen LogP contribution < -0.4 is 0 Å². The van der Waals surface area contributed by atoms with Crippen molar-refractivity contribution >= 4 is 0 Å². The first-order valence-electron chi connectivity index (χ1n) is 2.78. The van der Waals surface area contributed by atoms with Gasteiger partial charge < -0.3 is 0 Å². The van der Waals surface area contributed by atoms with Gasteiger partial charge in [-0.15, -0.1) is 0 Å². The first-order valence-corrected chi connectivity index (χ1v) is 3.78. The Labute approximate surface area is 65.9 Å². The van der Waals surface area contributed by atoms with Crippen LogP contribution >= 0.6 is 0 Å². The predicted octanol–water partition coefficient (Wildman–Crippen LogP) is 1.85. The molecule has 0 saturated heterocycles. The van der Waals surface area contributed by atoms with Crippen LogP contribution in [0.15, 0.2) is 24.3 Å². The van der Waals surface area contributed by atoms with Crippen molar-refractivity contribution in [2.24, 2.45) is 0 Å². The Morgan fingerprint density at radius 1 is 1.22 bits per heavy atom. The van der Waals surface area contributed by atoms with E-state index in [0.29, 0.717) is 0 Å². The summed E-state index contributed by atoms with van der Waals surface area (Å²) in [4.78, 5) is 0. The van der Waals surface area contributed by atoms with Gasteiger partial charge in [0.25, 0.3) is 0 Å². The summed E-state index contributed by atoms with van der Waals surface area (Å²) in [5, 5.41) is 0. The molecule has 0 spiro atoms. The third-order valence-corrected chi connectivity index (χ3v) is 1.75. The van der Waals surface area contributed by atoms with E-state index in [0.717, 1.165) is 0 Å². The third-order valence-electron chi connectivity index (χ3n) is 1.17. The van der Waals surface area contributed by atoms with Crippen molar-refractivity contribution in [2.75, 3.05) is 0 Å². The molecule has 44 valence electrons. The predicted molar refractivity (Wildman–Crippen MR) is 34.2 cm³/mol. The number of rotatable bonds is 0. The van der Waals surface area contributed by atoms with Gasteiger partial charge in [-0.1, -0.05) is 0 Å². The molecule has 0 amide bonds. The summed E-state index contributed by atoms with van der Waals surface area (Å²) in [6, 6.07) is 8.32. The second-order valence-corrected chi connectivity index (χ2v) is 2.47. The van der Waals surface area contributed by atoms with Gasteiger partial charge in [0, 0.05) is 0 Å². The molecule has 0 saturated carbocycles. The van der Waals surface area contributed by atoms with Crippen LogP contribution in [0.4, 0.5) is 0 Å². The zero-order valence-corrected chi connectivity index (χ0v) is 7.22. The zero-order chi connectivity index (χ0) is 6.69. The minimum absolute atomic E-state index is 1.17. The fourth-order valence-electron chi connectivity index (χ4n) is 0.622. The van der Waals surface area contributed by atoms with Crippen molar-refractivity contribution in [2.45, 2.75) is 6.92 Å². The molecule has 0 unspecified atom stereocenters. The molecule has 1 heteroatoms. The minimum atomic E-state index is 1.17. The van der Waals surface area contributed by atoms with E-state index in [1.165, 1.54) is 11.1 Å². The van der Waals surface area contributed by atoms with Crippen molar-refractivity contribution in [3.63, 3.8) is 0 Å². The average molecular weight is 199 g/mol. The van der Waals surface area contributed by atoms with Crippen molar-refractivity contribution < 1.29 is 19.2 Å². The van der Waals surface area contributed by atoms with Gasteiger partial charge in [0.05, 0.1) is 0 Å². The quantitative estimate of drug-likeness (QED) is 0.559. The van der Waals surface area contributed by atoms with Gasteiger partial charge in [-0.25, -0.2) is 0 Å². The molecule has 0 nitrogen and oxygen atoms in total. The fraction of sp³-hybridized carbons (Fsp3) is 0.125. The standard InChI is InChI=1S/C8H7.Mo/c1-7-3-5-8(2)6-4-7;/h3-6H,1H3;/q;+1. The maximum absolute atomic E-state index is 3.06. The van der Waals surface area contributed by atoms with Gasteiger partial charge in [0.2, 0.25) is 0 Å². The third kappa shape index (κ3) is 1.82. The molecule has 0 aliphatic carbocycles. The Kier molecular flexibility index (Phi) is 2.28. The van der Waals surface area contributed by atoms with E-state index in [1.54, 1.807) is 0 Å². The molecule has 0 fully saturated rings. The summed E-state index contributed by atoms with van der Waals surface area (Å²) in [7, 11) is 0. The molecule has 0 atom stereocenters. The first kappa shape index (κ1) is 6.80. The van der Waals surface area contributed by atoms with Crippen LogP contribution in [0.1, 0.15) is 11.1 Å².